The van der Waals surface area contributed by atoms with Gasteiger partial charge in [-0.15, -0.1) is 0 Å². The average molecular weight is 202 g/mol. The van der Waals surface area contributed by atoms with E-state index in [9.17, 15) is 15.0 Å². The zero-order valence-electron chi connectivity index (χ0n) is 6.71. The van der Waals surface area contributed by atoms with E-state index in [2.05, 4.69) is 22.6 Å². The van der Waals surface area contributed by atoms with Crippen LogP contribution in [0.5, 0.6) is 0 Å². The number of aromatic nitrogens is 2. The van der Waals surface area contributed by atoms with E-state index < -0.39 is 12.2 Å². The minimum atomic E-state index is -1.12. The van der Waals surface area contributed by atoms with Crippen LogP contribution >= 0.6 is 12.6 Å². The lowest BCUT2D eigenvalue weighted by Crippen LogP contribution is -2.22. The fourth-order valence-electron chi connectivity index (χ4n) is 0.811. The molecule has 0 amide bonds. The summed E-state index contributed by atoms with van der Waals surface area (Å²) >= 11 is 3.82. The monoisotopic (exact) mass is 202 g/mol. The minimum Gasteiger partial charge on any atom is -0.389 e. The summed E-state index contributed by atoms with van der Waals surface area (Å²) in [6, 6.07) is 0. The first-order valence-corrected chi connectivity index (χ1v) is 4.30. The van der Waals surface area contributed by atoms with Gasteiger partial charge in [0.05, 0.1) is 18.0 Å². The predicted octanol–water partition coefficient (Wildman–Crippen LogP) is -0.906. The second-order valence-corrected chi connectivity index (χ2v) is 2.90. The van der Waals surface area contributed by atoms with Gasteiger partial charge in [-0.2, -0.15) is 12.6 Å². The average Bonchev–Trinajstić information content (AvgIpc) is 2.17. The number of hydrogen-bond donors (Lipinski definition) is 4. The van der Waals surface area contributed by atoms with E-state index in [1.54, 1.807) is 0 Å². The molecule has 0 aliphatic heterocycles. The van der Waals surface area contributed by atoms with Gasteiger partial charge in [-0.05, 0) is 0 Å². The molecule has 5 nitrogen and oxygen atoms in total. The van der Waals surface area contributed by atoms with Crippen LogP contribution < -0.4 is 5.56 Å². The van der Waals surface area contributed by atoms with Gasteiger partial charge < -0.3 is 15.2 Å². The van der Waals surface area contributed by atoms with Crippen molar-refractivity contribution in [2.45, 2.75) is 12.2 Å². The quantitative estimate of drug-likeness (QED) is 0.478. The molecule has 0 spiro atoms. The zero-order valence-corrected chi connectivity index (χ0v) is 7.61. The molecule has 2 atom stereocenters. The Hall–Kier alpha value is -0.850. The molecule has 0 saturated heterocycles. The van der Waals surface area contributed by atoms with E-state index in [0.29, 0.717) is 0 Å². The maximum atomic E-state index is 10.6. The smallest absolute Gasteiger partial charge is 0.266 e. The number of aromatic amines is 1. The zero-order chi connectivity index (χ0) is 9.84. The molecule has 2 unspecified atom stereocenters. The number of nitrogens with one attached hydrogen (secondary N) is 1. The van der Waals surface area contributed by atoms with Gasteiger partial charge in [-0.3, -0.25) is 9.78 Å². The highest BCUT2D eigenvalue weighted by Gasteiger charge is 2.17. The molecule has 1 aromatic rings. The first-order chi connectivity index (χ1) is 6.15. The highest BCUT2D eigenvalue weighted by Crippen LogP contribution is 2.12. The Bertz CT molecular complexity index is 307. The highest BCUT2D eigenvalue weighted by molar-refractivity contribution is 7.80. The van der Waals surface area contributed by atoms with E-state index in [4.69, 9.17) is 0 Å². The van der Waals surface area contributed by atoms with Crippen LogP contribution in [0.25, 0.3) is 0 Å². The van der Waals surface area contributed by atoms with Crippen LogP contribution in [0.4, 0.5) is 0 Å². The Kier molecular flexibility index (Phi) is 3.47. The molecule has 0 bridgehead atoms. The van der Waals surface area contributed by atoms with Gasteiger partial charge >= 0.3 is 0 Å². The lowest BCUT2D eigenvalue weighted by atomic mass is 10.2. The SMILES string of the molecule is O=c1cnc(C(O)C(O)CS)c[nH]1. The number of rotatable bonds is 3. The van der Waals surface area contributed by atoms with E-state index in [-0.39, 0.29) is 17.0 Å². The number of H-pyrrole nitrogens is 1. The van der Waals surface area contributed by atoms with Gasteiger partial charge in [0.25, 0.3) is 5.56 Å². The van der Waals surface area contributed by atoms with Crippen molar-refractivity contribution >= 4 is 12.6 Å². The van der Waals surface area contributed by atoms with Crippen LogP contribution in [0.1, 0.15) is 11.8 Å². The fourth-order valence-corrected chi connectivity index (χ4v) is 1.01. The van der Waals surface area contributed by atoms with Gasteiger partial charge in [0.2, 0.25) is 0 Å². The molecule has 0 saturated carbocycles. The first kappa shape index (κ1) is 10.2. The molecule has 0 radical (unpaired) electrons. The standard InChI is InChI=1S/C7H10N2O3S/c10-5(3-13)7(12)4-1-9-6(11)2-8-4/h1-2,5,7,10,12-13H,3H2,(H,9,11). The summed E-state index contributed by atoms with van der Waals surface area (Å²) in [6.45, 7) is 0. The molecule has 1 aromatic heterocycles. The largest absolute Gasteiger partial charge is 0.389 e. The first-order valence-electron chi connectivity index (χ1n) is 3.66. The Morgan fingerprint density at radius 3 is 2.77 bits per heavy atom. The summed E-state index contributed by atoms with van der Waals surface area (Å²) < 4.78 is 0. The molecule has 3 N–H and O–H groups in total. The summed E-state index contributed by atoms with van der Waals surface area (Å²) in [5, 5.41) is 18.6. The molecular weight excluding hydrogens is 192 g/mol. The number of nitrogens with zero attached hydrogens (tertiary/aromatic N) is 1. The second kappa shape index (κ2) is 4.40. The van der Waals surface area contributed by atoms with Crippen molar-refractivity contribution in [2.24, 2.45) is 0 Å². The lowest BCUT2D eigenvalue weighted by Gasteiger charge is -2.14. The molecule has 13 heavy (non-hydrogen) atoms. The Morgan fingerprint density at radius 1 is 1.62 bits per heavy atom. The molecule has 0 fully saturated rings. The number of thiol groups is 1. The predicted molar refractivity (Wildman–Crippen MR) is 49.7 cm³/mol. The maximum absolute atomic E-state index is 10.6. The number of hydrogen-bond acceptors (Lipinski definition) is 5. The highest BCUT2D eigenvalue weighted by atomic mass is 32.1. The molecular formula is C7H10N2O3S. The Labute approximate surface area is 79.9 Å². The molecule has 6 heteroatoms. The van der Waals surface area contributed by atoms with Gasteiger partial charge in [0.1, 0.15) is 6.10 Å². The van der Waals surface area contributed by atoms with Crippen molar-refractivity contribution in [2.75, 3.05) is 5.75 Å². The van der Waals surface area contributed by atoms with Crippen molar-refractivity contribution in [3.63, 3.8) is 0 Å². The number of aliphatic hydroxyl groups excluding tert-OH is 2. The summed E-state index contributed by atoms with van der Waals surface area (Å²) in [5.41, 5.74) is -0.127. The summed E-state index contributed by atoms with van der Waals surface area (Å²) in [5.74, 6) is 0.127. The van der Waals surface area contributed by atoms with Crippen molar-refractivity contribution in [1.82, 2.24) is 9.97 Å². The van der Waals surface area contributed by atoms with Crippen molar-refractivity contribution < 1.29 is 10.2 Å². The molecule has 0 aliphatic carbocycles. The van der Waals surface area contributed by atoms with Crippen LogP contribution in [-0.2, 0) is 0 Å². The number of aliphatic hydroxyl groups is 2. The van der Waals surface area contributed by atoms with Crippen LogP contribution in [0, 0.1) is 0 Å². The third-order valence-corrected chi connectivity index (χ3v) is 1.92. The molecule has 0 aromatic carbocycles. The van der Waals surface area contributed by atoms with Crippen molar-refractivity contribution in [3.05, 3.63) is 28.4 Å². The summed E-state index contributed by atoms with van der Waals surface area (Å²) in [6.07, 6.45) is 0.208. The Balaban J connectivity index is 2.83. The van der Waals surface area contributed by atoms with E-state index >= 15 is 0 Å². The third kappa shape index (κ3) is 2.55. The molecule has 1 rings (SSSR count). The Morgan fingerprint density at radius 2 is 2.31 bits per heavy atom. The normalized spacial score (nSPS) is 15.3. The van der Waals surface area contributed by atoms with Crippen LogP contribution in [0.3, 0.4) is 0 Å². The fraction of sp³-hybridized carbons (Fsp3) is 0.429. The van der Waals surface area contributed by atoms with Crippen LogP contribution in [0.15, 0.2) is 17.2 Å². The van der Waals surface area contributed by atoms with Crippen LogP contribution in [-0.4, -0.2) is 32.0 Å². The topological polar surface area (TPSA) is 86.2 Å². The summed E-state index contributed by atoms with van der Waals surface area (Å²) in [4.78, 5) is 16.6. The molecule has 72 valence electrons. The molecule has 0 aliphatic rings. The van der Waals surface area contributed by atoms with Crippen LogP contribution in [0.2, 0.25) is 0 Å². The third-order valence-electron chi connectivity index (χ3n) is 1.55. The van der Waals surface area contributed by atoms with E-state index in [0.717, 1.165) is 6.20 Å². The van der Waals surface area contributed by atoms with Gasteiger partial charge in [0.15, 0.2) is 0 Å². The van der Waals surface area contributed by atoms with Crippen molar-refractivity contribution in [1.29, 1.82) is 0 Å². The van der Waals surface area contributed by atoms with Gasteiger partial charge in [-0.25, -0.2) is 0 Å². The van der Waals surface area contributed by atoms with Crippen molar-refractivity contribution in [3.8, 4) is 0 Å². The van der Waals surface area contributed by atoms with E-state index in [1.807, 2.05) is 0 Å². The van der Waals surface area contributed by atoms with E-state index in [1.165, 1.54) is 6.20 Å². The molecule has 1 heterocycles. The van der Waals surface area contributed by atoms with Gasteiger partial charge in [0, 0.05) is 11.9 Å². The maximum Gasteiger partial charge on any atom is 0.266 e. The summed E-state index contributed by atoms with van der Waals surface area (Å²) in [7, 11) is 0. The van der Waals surface area contributed by atoms with Gasteiger partial charge in [-0.1, -0.05) is 0 Å². The minimum absolute atomic E-state index is 0.127. The second-order valence-electron chi connectivity index (χ2n) is 2.53. The lowest BCUT2D eigenvalue weighted by molar-refractivity contribution is 0.0307.